The summed E-state index contributed by atoms with van der Waals surface area (Å²) in [5.41, 5.74) is 12.3. The molecule has 11 aromatic rings. The minimum atomic E-state index is -0.228. The zero-order chi connectivity index (χ0) is 101. The highest BCUT2D eigenvalue weighted by atomic mass is 32.1. The van der Waals surface area contributed by atoms with Gasteiger partial charge < -0.3 is 24.2 Å². The number of amides is 4. The van der Waals surface area contributed by atoms with Gasteiger partial charge in [0.1, 0.15) is 0 Å². The number of aromatic nitrogens is 1. The normalized spacial score (nSPS) is 16.8. The average molecular weight is 2020 g/mol. The van der Waals surface area contributed by atoms with Crippen molar-refractivity contribution in [1.82, 2.24) is 24.2 Å². The third kappa shape index (κ3) is 20.9. The number of carbonyl (C=O) groups is 6. The Bertz CT molecular complexity index is 6760. The van der Waals surface area contributed by atoms with Gasteiger partial charge in [0.15, 0.2) is 11.6 Å². The molecule has 4 aromatic carbocycles. The molecule has 4 aliphatic heterocycles. The second-order valence-corrected chi connectivity index (χ2v) is 46.2. The van der Waals surface area contributed by atoms with E-state index in [-0.39, 0.29) is 76.3 Å². The van der Waals surface area contributed by atoms with Crippen LogP contribution in [0.5, 0.6) is 0 Å². The first kappa shape index (κ1) is 103. The Labute approximate surface area is 874 Å². The molecule has 21 heteroatoms. The molecule has 0 spiro atoms. The molecule has 17 rings (SSSR count). The number of allylic oxidation sites excluding steroid dienone is 6. The predicted molar refractivity (Wildman–Crippen MR) is 600 cm³/mol. The Morgan fingerprint density at radius 2 is 0.611 bits per heavy atom. The maximum Gasteiger partial charge on any atom is 0.270 e. The van der Waals surface area contributed by atoms with Gasteiger partial charge in [-0.25, -0.2) is 20.2 Å². The second-order valence-electron chi connectivity index (χ2n) is 39.6. The van der Waals surface area contributed by atoms with Crippen LogP contribution in [0.2, 0.25) is 0 Å². The summed E-state index contributed by atoms with van der Waals surface area (Å²) < 4.78 is 2.72. The largest absolute Gasteiger partial charge is 0.337 e. The van der Waals surface area contributed by atoms with Gasteiger partial charge in [0.05, 0.1) is 101 Å². The van der Waals surface area contributed by atoms with Crippen molar-refractivity contribution in [3.8, 4) is 52.5 Å². The standard InChI is InChI=1S/C123H131N9O6S6/c1-13-23-29-31-33-35-45-83(46-36-34-32-30-24-14-2)132-96-67-81(98-59-63-104(141-98)114-110-112(122(137)128(114)73-77(19-7)41-25-15-3)116(130(120(110)135)75-79(21-9)43-27-17-5)106-65-61-102(143-106)100-57-53-84(139-100)69-92-108(94(71-124)126-11)88-47-37-39-49-90(88)118(92)133)51-55-86(96)87-56-52-82(68-97(87)132)99-60-64-105(142-99)115-111-113(123(138)129(115)74-78(20-8)42-26-16-4)117(131(121(111)136)76-80(22-10)44-28-18-6)107-66-62-103(144-107)101-58-54-85(140-101)70-93-109(95(72-125)127-12)89-48-38-40-50-91(89)119(93)134/h37-40,47-70,77-80,83H,13-36,41-46,73-76H2,1-10H3/b92-69-,93-70-,108-94-,109-95+. The van der Waals surface area contributed by atoms with E-state index in [0.717, 1.165) is 198 Å². The number of ketones is 2. The Morgan fingerprint density at radius 3 is 0.924 bits per heavy atom. The van der Waals surface area contributed by atoms with Gasteiger partial charge in [0.2, 0.25) is 0 Å². The Morgan fingerprint density at radius 1 is 0.326 bits per heavy atom. The third-order valence-electron chi connectivity index (χ3n) is 30.3. The summed E-state index contributed by atoms with van der Waals surface area (Å²) in [6, 6.07) is 57.8. The minimum absolute atomic E-state index is 0.129. The van der Waals surface area contributed by atoms with E-state index in [1.54, 1.807) is 93.9 Å². The zero-order valence-electron chi connectivity index (χ0n) is 85.0. The number of thiophene rings is 6. The van der Waals surface area contributed by atoms with Gasteiger partial charge in [0, 0.05) is 115 Å². The molecule has 15 nitrogen and oxygen atoms in total. The summed E-state index contributed by atoms with van der Waals surface area (Å²) in [4.78, 5) is 120. The molecular weight excluding hydrogens is 1890 g/mol. The van der Waals surface area contributed by atoms with Crippen molar-refractivity contribution in [1.29, 1.82) is 10.5 Å². The Kier molecular flexibility index (Phi) is 34.1. The third-order valence-corrected chi connectivity index (χ3v) is 37.2. The minimum Gasteiger partial charge on any atom is -0.337 e. The zero-order valence-corrected chi connectivity index (χ0v) is 89.9. The number of unbranched alkanes of at least 4 members (excludes halogenated alkanes) is 14. The van der Waals surface area contributed by atoms with Crippen LogP contribution >= 0.6 is 68.0 Å². The molecule has 4 unspecified atom stereocenters. The van der Waals surface area contributed by atoms with Gasteiger partial charge in [0.25, 0.3) is 35.0 Å². The van der Waals surface area contributed by atoms with Crippen LogP contribution in [0.25, 0.3) is 118 Å². The average Bonchev–Trinajstić information content (AvgIpc) is 1.50. The summed E-state index contributed by atoms with van der Waals surface area (Å²) in [6.45, 7) is 40.0. The summed E-state index contributed by atoms with van der Waals surface area (Å²) in [7, 11) is 0. The molecule has 0 saturated carbocycles. The fourth-order valence-electron chi connectivity index (χ4n) is 22.2. The highest BCUT2D eigenvalue weighted by Gasteiger charge is 2.53. The van der Waals surface area contributed by atoms with E-state index in [9.17, 15) is 20.1 Å². The second kappa shape index (κ2) is 47.4. The summed E-state index contributed by atoms with van der Waals surface area (Å²) in [5, 5.41) is 22.7. The molecule has 0 radical (unpaired) electrons. The number of benzene rings is 4. The van der Waals surface area contributed by atoms with Gasteiger partial charge in [-0.1, -0.05) is 296 Å². The van der Waals surface area contributed by atoms with Crippen LogP contribution < -0.4 is 0 Å². The quantitative estimate of drug-likeness (QED) is 0.0157. The molecule has 0 fully saturated rings. The number of nitrogens with zero attached hydrogens (tertiary/aromatic N) is 9. The lowest BCUT2D eigenvalue weighted by atomic mass is 9.98. The highest BCUT2D eigenvalue weighted by molar-refractivity contribution is 7.24. The molecular formula is C123H131N9O6S6. The molecule has 4 atom stereocenters. The van der Waals surface area contributed by atoms with Crippen molar-refractivity contribution >= 4 is 171 Å². The number of nitriles is 2. The van der Waals surface area contributed by atoms with Crippen LogP contribution in [-0.4, -0.2) is 85.5 Å². The van der Waals surface area contributed by atoms with Crippen LogP contribution in [0.3, 0.4) is 0 Å². The molecule has 0 saturated heterocycles. The molecule has 4 amide bonds. The molecule has 11 heterocycles. The fraction of sp³-hybridized carbons (Fsp3) is 0.398. The number of hydrogen-bond donors (Lipinski definition) is 0. The molecule has 740 valence electrons. The summed E-state index contributed by atoms with van der Waals surface area (Å²) >= 11 is 9.48. The topological polar surface area (TPSA) is 177 Å². The van der Waals surface area contributed by atoms with Gasteiger partial charge in [-0.05, 0) is 182 Å². The highest BCUT2D eigenvalue weighted by Crippen LogP contribution is 2.56. The number of hydrogen-bond acceptors (Lipinski definition) is 14. The lowest BCUT2D eigenvalue weighted by molar-refractivity contribution is -0.124. The van der Waals surface area contributed by atoms with Crippen molar-refractivity contribution in [3.05, 3.63) is 277 Å². The smallest absolute Gasteiger partial charge is 0.270 e. The van der Waals surface area contributed by atoms with E-state index in [2.05, 4.69) is 181 Å². The van der Waals surface area contributed by atoms with E-state index in [4.69, 9.17) is 13.1 Å². The maximum absolute atomic E-state index is 16.4. The van der Waals surface area contributed by atoms with Crippen LogP contribution in [0.4, 0.5) is 0 Å². The first-order chi connectivity index (χ1) is 70.3. The van der Waals surface area contributed by atoms with Gasteiger partial charge in [-0.3, -0.25) is 28.8 Å². The Hall–Kier alpha value is -12.0. The van der Waals surface area contributed by atoms with Crippen molar-refractivity contribution in [2.75, 3.05) is 26.2 Å². The van der Waals surface area contributed by atoms with Crippen molar-refractivity contribution < 1.29 is 28.8 Å². The van der Waals surface area contributed by atoms with Gasteiger partial charge >= 0.3 is 0 Å². The van der Waals surface area contributed by atoms with Crippen molar-refractivity contribution in [3.63, 3.8) is 0 Å². The first-order valence-corrected chi connectivity index (χ1v) is 58.0. The molecule has 2 aliphatic carbocycles. The van der Waals surface area contributed by atoms with Crippen LogP contribution in [-0.2, 0) is 19.2 Å². The summed E-state index contributed by atoms with van der Waals surface area (Å²) in [5.74, 6) is -0.251. The lowest BCUT2D eigenvalue weighted by Gasteiger charge is -2.29. The van der Waals surface area contributed by atoms with E-state index in [1.807, 2.05) is 56.0 Å². The van der Waals surface area contributed by atoms with E-state index >= 15 is 19.2 Å². The molecule has 6 aliphatic rings. The van der Waals surface area contributed by atoms with Crippen molar-refractivity contribution in [2.45, 2.75) is 268 Å². The number of rotatable bonds is 49. The lowest BCUT2D eigenvalue weighted by Crippen LogP contribution is -2.34. The number of Topliss-reactive ketones (excluding diaryl/α,β-unsaturated/α-hetero) is 2. The molecule has 0 N–H and O–H groups in total. The monoisotopic (exact) mass is 2020 g/mol. The van der Waals surface area contributed by atoms with Gasteiger partial charge in [-0.2, -0.15) is 0 Å². The molecule has 7 aromatic heterocycles. The van der Waals surface area contributed by atoms with Crippen LogP contribution in [0, 0.1) is 59.5 Å². The first-order valence-electron chi connectivity index (χ1n) is 53.1. The summed E-state index contributed by atoms with van der Waals surface area (Å²) in [6.07, 6.45) is 35.4. The van der Waals surface area contributed by atoms with Crippen molar-refractivity contribution in [2.24, 2.45) is 23.7 Å². The molecule has 144 heavy (non-hydrogen) atoms. The van der Waals surface area contributed by atoms with E-state index in [1.165, 1.54) is 109 Å². The predicted octanol–water partition coefficient (Wildman–Crippen LogP) is 34.2. The van der Waals surface area contributed by atoms with Gasteiger partial charge in [-0.15, -0.1) is 68.0 Å². The molecule has 0 bridgehead atoms. The fourth-order valence-corrected chi connectivity index (χ4v) is 28.5. The number of carbonyl (C=O) groups excluding carboxylic acids is 6. The maximum atomic E-state index is 16.4. The Balaban J connectivity index is 0.772. The SMILES string of the molecule is [C-]#[N+]/C(C#N)=C1\C(=C\c2ccc(-c3ccc(C4=C5C(=O)N(CC(CC)CCCC)C(c6ccc(-c7ccc8c9ccc(-c%10ccc(C%11=C%12C(=O)N(CC(CC)CCCC)C(c%13ccc(-c%14ccc(/C=C%15\C(=O)c%16ccccc%16\C%15=C(\C#N)[N+]#[C-])s%14)s%13)=C%12C(=O)N%11CC(CC)CCCC)s%10)cc9n(C(CCCCCCCC)CCCCCCCC)c8c7)s6)=C5C(=O)N4CC(CC)CCCC)s3)s2)C(=O)c2ccccc21. The van der Waals surface area contributed by atoms with Crippen LogP contribution in [0.1, 0.15) is 329 Å². The van der Waals surface area contributed by atoms with E-state index < -0.39 is 0 Å². The number of fused-ring (bicyclic) bond motifs is 7. The van der Waals surface area contributed by atoms with Crippen LogP contribution in [0.15, 0.2) is 203 Å². The van der Waals surface area contributed by atoms with E-state index in [0.29, 0.717) is 116 Å².